The highest BCUT2D eigenvalue weighted by Crippen LogP contribution is 2.12. The Morgan fingerprint density at radius 3 is 2.57 bits per heavy atom. The van der Waals surface area contributed by atoms with Gasteiger partial charge in [0.2, 0.25) is 5.91 Å². The minimum absolute atomic E-state index is 0.109. The summed E-state index contributed by atoms with van der Waals surface area (Å²) in [5.41, 5.74) is 8.30. The molecule has 2 rings (SSSR count). The number of amides is 1. The predicted molar refractivity (Wildman–Crippen MR) is 80.3 cm³/mol. The fraction of sp³-hybridized carbons (Fsp3) is 0.400. The molecular weight excluding hydrogens is 266 g/mol. The Kier molecular flexibility index (Phi) is 4.37. The quantitative estimate of drug-likeness (QED) is 0.862. The maximum atomic E-state index is 11.9. The molecule has 1 aromatic carbocycles. The normalized spacial score (nSPS) is 11.4. The maximum Gasteiger partial charge on any atom is 0.242 e. The van der Waals surface area contributed by atoms with Gasteiger partial charge in [-0.05, 0) is 26.3 Å². The number of aromatic nitrogens is 3. The van der Waals surface area contributed by atoms with Crippen molar-refractivity contribution in [1.29, 1.82) is 0 Å². The van der Waals surface area contributed by atoms with Crippen LogP contribution >= 0.6 is 0 Å². The standard InChI is InChI=1S/C15H21N5O/c1-11-4-6-12(7-5-11)8-17-14(21)10-20-9-13(18-19-20)15(2,3)16/h4-7,9H,8,10,16H2,1-3H3,(H,17,21). The third-order valence-electron chi connectivity index (χ3n) is 3.11. The third-order valence-corrected chi connectivity index (χ3v) is 3.11. The highest BCUT2D eigenvalue weighted by Gasteiger charge is 2.18. The lowest BCUT2D eigenvalue weighted by Gasteiger charge is -2.13. The first kappa shape index (κ1) is 15.2. The van der Waals surface area contributed by atoms with Gasteiger partial charge in [-0.1, -0.05) is 35.0 Å². The van der Waals surface area contributed by atoms with Gasteiger partial charge in [0.1, 0.15) is 12.2 Å². The van der Waals surface area contributed by atoms with Crippen molar-refractivity contribution in [3.63, 3.8) is 0 Å². The second kappa shape index (κ2) is 6.05. The summed E-state index contributed by atoms with van der Waals surface area (Å²) in [7, 11) is 0. The molecule has 2 aromatic rings. The molecule has 0 saturated carbocycles. The fourth-order valence-electron chi connectivity index (χ4n) is 1.78. The molecule has 3 N–H and O–H groups in total. The van der Waals surface area contributed by atoms with Gasteiger partial charge in [-0.15, -0.1) is 5.10 Å². The number of aryl methyl sites for hydroxylation is 1. The van der Waals surface area contributed by atoms with E-state index < -0.39 is 5.54 Å². The molecule has 1 aromatic heterocycles. The van der Waals surface area contributed by atoms with Gasteiger partial charge in [0.05, 0.1) is 11.7 Å². The van der Waals surface area contributed by atoms with Crippen LogP contribution in [0.25, 0.3) is 0 Å². The number of nitrogens with zero attached hydrogens (tertiary/aromatic N) is 3. The predicted octanol–water partition coefficient (Wildman–Crippen LogP) is 1.10. The van der Waals surface area contributed by atoms with Crippen molar-refractivity contribution in [2.24, 2.45) is 5.73 Å². The van der Waals surface area contributed by atoms with E-state index >= 15 is 0 Å². The van der Waals surface area contributed by atoms with E-state index in [4.69, 9.17) is 5.73 Å². The van der Waals surface area contributed by atoms with E-state index in [0.29, 0.717) is 12.2 Å². The van der Waals surface area contributed by atoms with Crippen molar-refractivity contribution >= 4 is 5.91 Å². The van der Waals surface area contributed by atoms with E-state index in [9.17, 15) is 4.79 Å². The molecular formula is C15H21N5O. The summed E-state index contributed by atoms with van der Waals surface area (Å²) in [6.07, 6.45) is 1.70. The van der Waals surface area contributed by atoms with Gasteiger partial charge in [-0.2, -0.15) is 0 Å². The molecule has 0 bridgehead atoms. The number of hydrogen-bond donors (Lipinski definition) is 2. The molecule has 1 amide bonds. The highest BCUT2D eigenvalue weighted by atomic mass is 16.2. The third kappa shape index (κ3) is 4.39. The van der Waals surface area contributed by atoms with Gasteiger partial charge in [0.15, 0.2) is 0 Å². The van der Waals surface area contributed by atoms with Gasteiger partial charge in [-0.25, -0.2) is 4.68 Å². The summed E-state index contributed by atoms with van der Waals surface area (Å²) in [5.74, 6) is -0.109. The molecule has 0 atom stereocenters. The van der Waals surface area contributed by atoms with Crippen molar-refractivity contribution in [2.45, 2.75) is 39.4 Å². The van der Waals surface area contributed by atoms with E-state index in [1.54, 1.807) is 6.20 Å². The van der Waals surface area contributed by atoms with E-state index in [-0.39, 0.29) is 12.5 Å². The molecule has 0 fully saturated rings. The zero-order chi connectivity index (χ0) is 15.5. The number of rotatable bonds is 5. The summed E-state index contributed by atoms with van der Waals surface area (Å²) in [4.78, 5) is 11.9. The van der Waals surface area contributed by atoms with Crippen LogP contribution in [0.5, 0.6) is 0 Å². The van der Waals surface area contributed by atoms with E-state index in [1.807, 2.05) is 45.0 Å². The van der Waals surface area contributed by atoms with Crippen LogP contribution in [-0.4, -0.2) is 20.9 Å². The van der Waals surface area contributed by atoms with Gasteiger partial charge >= 0.3 is 0 Å². The summed E-state index contributed by atoms with van der Waals surface area (Å²) >= 11 is 0. The minimum atomic E-state index is -0.559. The first-order chi connectivity index (χ1) is 9.84. The van der Waals surface area contributed by atoms with Crippen LogP contribution in [-0.2, 0) is 23.4 Å². The number of nitrogens with two attached hydrogens (primary N) is 1. The van der Waals surface area contributed by atoms with Gasteiger partial charge < -0.3 is 11.1 Å². The largest absolute Gasteiger partial charge is 0.350 e. The molecule has 112 valence electrons. The second-order valence-corrected chi connectivity index (χ2v) is 5.79. The first-order valence-electron chi connectivity index (χ1n) is 6.86. The molecule has 0 unspecified atom stereocenters. The van der Waals surface area contributed by atoms with Crippen molar-refractivity contribution in [2.75, 3.05) is 0 Å². The van der Waals surface area contributed by atoms with Crippen molar-refractivity contribution in [3.8, 4) is 0 Å². The minimum Gasteiger partial charge on any atom is -0.350 e. The maximum absolute atomic E-state index is 11.9. The number of hydrogen-bond acceptors (Lipinski definition) is 4. The lowest BCUT2D eigenvalue weighted by molar-refractivity contribution is -0.122. The average molecular weight is 287 g/mol. The number of carbonyl (C=O) groups excluding carboxylic acids is 1. The topological polar surface area (TPSA) is 85.8 Å². The smallest absolute Gasteiger partial charge is 0.242 e. The van der Waals surface area contributed by atoms with Crippen LogP contribution in [0.15, 0.2) is 30.5 Å². The molecule has 21 heavy (non-hydrogen) atoms. The Morgan fingerprint density at radius 1 is 1.33 bits per heavy atom. The SMILES string of the molecule is Cc1ccc(CNC(=O)Cn2cc(C(C)(C)N)nn2)cc1. The zero-order valence-corrected chi connectivity index (χ0v) is 12.6. The molecule has 0 aliphatic heterocycles. The Balaban J connectivity index is 1.87. The molecule has 0 aliphatic rings. The van der Waals surface area contributed by atoms with E-state index in [0.717, 1.165) is 5.56 Å². The van der Waals surface area contributed by atoms with Crippen LogP contribution < -0.4 is 11.1 Å². The molecule has 6 nitrogen and oxygen atoms in total. The van der Waals surface area contributed by atoms with E-state index in [1.165, 1.54) is 10.2 Å². The molecule has 6 heteroatoms. The van der Waals surface area contributed by atoms with Crippen molar-refractivity contribution in [1.82, 2.24) is 20.3 Å². The lowest BCUT2D eigenvalue weighted by Crippen LogP contribution is -2.29. The molecule has 0 spiro atoms. The first-order valence-corrected chi connectivity index (χ1v) is 6.86. The van der Waals surface area contributed by atoms with Crippen molar-refractivity contribution < 1.29 is 4.79 Å². The van der Waals surface area contributed by atoms with Gasteiger partial charge in [-0.3, -0.25) is 4.79 Å². The van der Waals surface area contributed by atoms with Crippen LogP contribution in [0.4, 0.5) is 0 Å². The summed E-state index contributed by atoms with van der Waals surface area (Å²) in [5, 5.41) is 10.7. The Hall–Kier alpha value is -2.21. The number of nitrogens with one attached hydrogen (secondary N) is 1. The lowest BCUT2D eigenvalue weighted by atomic mass is 10.0. The van der Waals surface area contributed by atoms with Gasteiger partial charge in [0.25, 0.3) is 0 Å². The number of carbonyl (C=O) groups is 1. The highest BCUT2D eigenvalue weighted by molar-refractivity contribution is 5.75. The van der Waals surface area contributed by atoms with Crippen LogP contribution in [0.1, 0.15) is 30.7 Å². The van der Waals surface area contributed by atoms with Crippen LogP contribution in [0.2, 0.25) is 0 Å². The van der Waals surface area contributed by atoms with Gasteiger partial charge in [0, 0.05) is 6.54 Å². The number of benzene rings is 1. The summed E-state index contributed by atoms with van der Waals surface area (Å²) in [6, 6.07) is 8.04. The second-order valence-electron chi connectivity index (χ2n) is 5.79. The fourth-order valence-corrected chi connectivity index (χ4v) is 1.78. The Bertz CT molecular complexity index is 610. The Morgan fingerprint density at radius 2 is 2.00 bits per heavy atom. The summed E-state index contributed by atoms with van der Waals surface area (Å²) < 4.78 is 1.49. The molecule has 1 heterocycles. The molecule has 0 aliphatic carbocycles. The van der Waals surface area contributed by atoms with Crippen molar-refractivity contribution in [3.05, 3.63) is 47.3 Å². The monoisotopic (exact) mass is 287 g/mol. The van der Waals surface area contributed by atoms with Crippen LogP contribution in [0, 0.1) is 6.92 Å². The summed E-state index contributed by atoms with van der Waals surface area (Å²) in [6.45, 7) is 6.36. The zero-order valence-electron chi connectivity index (χ0n) is 12.6. The van der Waals surface area contributed by atoms with Crippen LogP contribution in [0.3, 0.4) is 0 Å². The Labute approximate surface area is 124 Å². The molecule has 0 radical (unpaired) electrons. The average Bonchev–Trinajstić information content (AvgIpc) is 2.86. The molecule has 0 saturated heterocycles. The van der Waals surface area contributed by atoms with E-state index in [2.05, 4.69) is 15.6 Å².